The normalized spacial score (nSPS) is 21.8. The molecule has 150 valence electrons. The average Bonchev–Trinajstić information content (AvgIpc) is 3.07. The summed E-state index contributed by atoms with van der Waals surface area (Å²) in [7, 11) is -5.45. The lowest BCUT2D eigenvalue weighted by atomic mass is 10.4. The van der Waals surface area contributed by atoms with Gasteiger partial charge in [0.25, 0.3) is 0 Å². The second-order valence-electron chi connectivity index (χ2n) is 5.56. The van der Waals surface area contributed by atoms with E-state index in [4.69, 9.17) is 26.6 Å². The highest BCUT2D eigenvalue weighted by Gasteiger charge is 2.59. The van der Waals surface area contributed by atoms with Crippen LogP contribution in [0.5, 0.6) is 0 Å². The van der Waals surface area contributed by atoms with E-state index in [9.17, 15) is 0 Å². The predicted molar refractivity (Wildman–Crippen MR) is 106 cm³/mol. The molecule has 0 aliphatic carbocycles. The zero-order valence-electron chi connectivity index (χ0n) is 16.7. The van der Waals surface area contributed by atoms with Crippen molar-refractivity contribution in [3.63, 3.8) is 0 Å². The van der Waals surface area contributed by atoms with Crippen molar-refractivity contribution in [3.05, 3.63) is 0 Å². The van der Waals surface area contributed by atoms with Crippen LogP contribution < -0.4 is 0 Å². The van der Waals surface area contributed by atoms with Gasteiger partial charge in [0.15, 0.2) is 0 Å². The van der Waals surface area contributed by atoms with Crippen molar-refractivity contribution in [1.29, 1.82) is 0 Å². The Bertz CT molecular complexity index is 297. The van der Waals surface area contributed by atoms with Crippen molar-refractivity contribution < 1.29 is 26.6 Å². The topological polar surface area (TPSA) is 55.4 Å². The van der Waals surface area contributed by atoms with Crippen LogP contribution in [0.2, 0.25) is 5.54 Å². The number of hydrogen-bond donors (Lipinski definition) is 0. The maximum Gasteiger partial charge on any atom is 0.514 e. The standard InChI is InChI=1S/C16H36O6SSi2/c1-7-17-24(18-8-2,19-9-3)15-13-16(23-14-15)25(20-10-4,21-11-5)22-12-6/h15-16H,7-14H2,1-6H3. The summed E-state index contributed by atoms with van der Waals surface area (Å²) in [5.74, 6) is 0.929. The third-order valence-corrected chi connectivity index (χ3v) is 13.4. The van der Waals surface area contributed by atoms with Gasteiger partial charge in [0, 0.05) is 50.9 Å². The first-order valence-electron chi connectivity index (χ1n) is 9.53. The van der Waals surface area contributed by atoms with Crippen molar-refractivity contribution in [1.82, 2.24) is 0 Å². The minimum Gasteiger partial charge on any atom is -0.374 e. The summed E-state index contributed by atoms with van der Waals surface area (Å²) in [5, 5.41) is 0. The molecular formula is C16H36O6SSi2. The fourth-order valence-electron chi connectivity index (χ4n) is 3.21. The van der Waals surface area contributed by atoms with Crippen LogP contribution in [0.4, 0.5) is 0 Å². The highest BCUT2D eigenvalue weighted by atomic mass is 32.2. The molecule has 1 saturated heterocycles. The molecule has 25 heavy (non-hydrogen) atoms. The molecule has 0 aromatic rings. The molecule has 0 aromatic carbocycles. The summed E-state index contributed by atoms with van der Waals surface area (Å²) >= 11 is 1.86. The SMILES string of the molecule is CCO[Si](OCC)(OCC)C1CSC([Si](OCC)(OCC)OCC)C1. The lowest BCUT2D eigenvalue weighted by molar-refractivity contribution is 0.0585. The van der Waals surface area contributed by atoms with Gasteiger partial charge in [0.1, 0.15) is 0 Å². The fraction of sp³-hybridized carbons (Fsp3) is 1.00. The Morgan fingerprint density at radius 1 is 0.640 bits per heavy atom. The minimum atomic E-state index is -2.73. The van der Waals surface area contributed by atoms with Crippen molar-refractivity contribution in [2.45, 2.75) is 58.4 Å². The molecule has 0 N–H and O–H groups in total. The molecular weight excluding hydrogens is 376 g/mol. The van der Waals surface area contributed by atoms with Gasteiger partial charge < -0.3 is 26.6 Å². The van der Waals surface area contributed by atoms with Crippen LogP contribution in [0, 0.1) is 0 Å². The molecule has 0 saturated carbocycles. The fourth-order valence-corrected chi connectivity index (χ4v) is 12.7. The van der Waals surface area contributed by atoms with Crippen LogP contribution in [0.3, 0.4) is 0 Å². The predicted octanol–water partition coefficient (Wildman–Crippen LogP) is 3.50. The molecule has 9 heteroatoms. The Morgan fingerprint density at radius 2 is 1.00 bits per heavy atom. The Morgan fingerprint density at radius 3 is 1.36 bits per heavy atom. The van der Waals surface area contributed by atoms with Crippen LogP contribution in [-0.4, -0.2) is 67.9 Å². The molecule has 1 aliphatic heterocycles. The van der Waals surface area contributed by atoms with E-state index >= 15 is 0 Å². The number of hydrogen-bond acceptors (Lipinski definition) is 7. The number of rotatable bonds is 14. The molecule has 6 nitrogen and oxygen atoms in total. The van der Waals surface area contributed by atoms with E-state index in [2.05, 4.69) is 0 Å². The van der Waals surface area contributed by atoms with E-state index in [1.807, 2.05) is 53.3 Å². The third-order valence-electron chi connectivity index (χ3n) is 3.96. The van der Waals surface area contributed by atoms with Crippen LogP contribution in [0.1, 0.15) is 48.0 Å². The van der Waals surface area contributed by atoms with Crippen molar-refractivity contribution in [3.8, 4) is 0 Å². The molecule has 1 heterocycles. The van der Waals surface area contributed by atoms with Crippen LogP contribution in [-0.2, 0) is 26.6 Å². The van der Waals surface area contributed by atoms with Gasteiger partial charge in [-0.05, 0) is 48.0 Å². The first-order chi connectivity index (χ1) is 12.1. The van der Waals surface area contributed by atoms with Gasteiger partial charge in [-0.25, -0.2) is 0 Å². The lowest BCUT2D eigenvalue weighted by Gasteiger charge is -2.35. The molecule has 0 spiro atoms. The first-order valence-corrected chi connectivity index (χ1v) is 14.2. The van der Waals surface area contributed by atoms with Crippen molar-refractivity contribution in [2.75, 3.05) is 45.4 Å². The van der Waals surface area contributed by atoms with Crippen molar-refractivity contribution >= 4 is 29.4 Å². The van der Waals surface area contributed by atoms with Gasteiger partial charge in [-0.15, -0.1) is 0 Å². The second-order valence-corrected chi connectivity index (χ2v) is 12.9. The van der Waals surface area contributed by atoms with E-state index in [0.29, 0.717) is 39.6 Å². The summed E-state index contributed by atoms with van der Waals surface area (Å²) < 4.78 is 36.6. The zero-order chi connectivity index (χ0) is 18.8. The Balaban J connectivity index is 3.00. The van der Waals surface area contributed by atoms with Crippen LogP contribution >= 0.6 is 11.8 Å². The van der Waals surface area contributed by atoms with Crippen LogP contribution in [0.15, 0.2) is 0 Å². The van der Waals surface area contributed by atoms with Gasteiger partial charge in [0.2, 0.25) is 0 Å². The van der Waals surface area contributed by atoms with Crippen molar-refractivity contribution in [2.24, 2.45) is 0 Å². The largest absolute Gasteiger partial charge is 0.514 e. The highest BCUT2D eigenvalue weighted by molar-refractivity contribution is 8.01. The molecule has 0 aromatic heterocycles. The molecule has 1 aliphatic rings. The molecule has 2 unspecified atom stereocenters. The summed E-state index contributed by atoms with van der Waals surface area (Å²) in [6, 6.07) is 0. The molecule has 0 radical (unpaired) electrons. The average molecular weight is 413 g/mol. The van der Waals surface area contributed by atoms with Gasteiger partial charge in [-0.1, -0.05) is 0 Å². The van der Waals surface area contributed by atoms with Gasteiger partial charge in [0.05, 0.1) is 4.87 Å². The summed E-state index contributed by atoms with van der Waals surface area (Å²) in [6.45, 7) is 15.6. The zero-order valence-corrected chi connectivity index (χ0v) is 19.5. The summed E-state index contributed by atoms with van der Waals surface area (Å²) in [5.41, 5.74) is 0.246. The molecule has 0 amide bonds. The third kappa shape index (κ3) is 6.01. The summed E-state index contributed by atoms with van der Waals surface area (Å²) in [6.07, 6.45) is 0.892. The Labute approximate surface area is 160 Å². The van der Waals surface area contributed by atoms with E-state index < -0.39 is 17.6 Å². The maximum absolute atomic E-state index is 6.11. The smallest absolute Gasteiger partial charge is 0.374 e. The maximum atomic E-state index is 6.11. The molecule has 2 atom stereocenters. The molecule has 1 rings (SSSR count). The Kier molecular flexibility index (Phi) is 11.4. The molecule has 1 fully saturated rings. The van der Waals surface area contributed by atoms with Gasteiger partial charge >= 0.3 is 17.6 Å². The van der Waals surface area contributed by atoms with Gasteiger partial charge in [-0.2, -0.15) is 11.8 Å². The minimum absolute atomic E-state index is 0.200. The van der Waals surface area contributed by atoms with Crippen LogP contribution in [0.25, 0.3) is 0 Å². The Hall–Kier alpha value is 0.544. The quantitative estimate of drug-likeness (QED) is 0.405. The highest BCUT2D eigenvalue weighted by Crippen LogP contribution is 2.46. The second kappa shape index (κ2) is 12.1. The number of thioether (sulfide) groups is 1. The summed E-state index contributed by atoms with van der Waals surface area (Å²) in [4.78, 5) is 0.200. The first kappa shape index (κ1) is 23.6. The monoisotopic (exact) mass is 412 g/mol. The van der Waals surface area contributed by atoms with Gasteiger partial charge in [-0.3, -0.25) is 0 Å². The lowest BCUT2D eigenvalue weighted by Crippen LogP contribution is -2.56. The van der Waals surface area contributed by atoms with E-state index in [1.165, 1.54) is 0 Å². The molecule has 0 bridgehead atoms. The van der Waals surface area contributed by atoms with E-state index in [0.717, 1.165) is 12.2 Å². The van der Waals surface area contributed by atoms with E-state index in [-0.39, 0.29) is 10.4 Å². The van der Waals surface area contributed by atoms with E-state index in [1.54, 1.807) is 0 Å².